The van der Waals surface area contributed by atoms with Crippen LogP contribution in [-0.2, 0) is 0 Å². The highest BCUT2D eigenvalue weighted by molar-refractivity contribution is 5.57. The molecule has 2 nitrogen and oxygen atoms in total. The van der Waals surface area contributed by atoms with E-state index in [4.69, 9.17) is 10.5 Å². The fourth-order valence-corrected chi connectivity index (χ4v) is 3.17. The Hall–Kier alpha value is -1.18. The summed E-state index contributed by atoms with van der Waals surface area (Å²) in [4.78, 5) is 0. The summed E-state index contributed by atoms with van der Waals surface area (Å²) < 4.78 is 6.29. The van der Waals surface area contributed by atoms with Gasteiger partial charge in [0.2, 0.25) is 0 Å². The SMILES string of the molecule is Cc1cccc(OC2CC(C)CCC2C(C)C)c1N. The summed E-state index contributed by atoms with van der Waals surface area (Å²) in [5.41, 5.74) is 8.03. The molecule has 1 fully saturated rings. The molecule has 1 aromatic rings. The standard InChI is InChI=1S/C17H27NO/c1-11(2)14-9-8-12(3)10-16(14)19-15-7-5-6-13(4)17(15)18/h5-7,11-12,14,16H,8-10,18H2,1-4H3. The molecule has 3 unspecified atom stereocenters. The van der Waals surface area contributed by atoms with Gasteiger partial charge >= 0.3 is 0 Å². The van der Waals surface area contributed by atoms with Crippen molar-refractivity contribution < 1.29 is 4.74 Å². The third-order valence-electron chi connectivity index (χ3n) is 4.52. The zero-order valence-electron chi connectivity index (χ0n) is 12.6. The van der Waals surface area contributed by atoms with E-state index in [9.17, 15) is 0 Å². The van der Waals surface area contributed by atoms with Gasteiger partial charge in [-0.2, -0.15) is 0 Å². The summed E-state index contributed by atoms with van der Waals surface area (Å²) in [7, 11) is 0. The number of anilines is 1. The van der Waals surface area contributed by atoms with E-state index in [-0.39, 0.29) is 0 Å². The van der Waals surface area contributed by atoms with Gasteiger partial charge in [0.15, 0.2) is 0 Å². The maximum atomic E-state index is 6.29. The molecule has 0 radical (unpaired) electrons. The molecule has 1 aliphatic rings. The molecule has 1 aromatic carbocycles. The van der Waals surface area contributed by atoms with Gasteiger partial charge in [-0.05, 0) is 49.1 Å². The van der Waals surface area contributed by atoms with Gasteiger partial charge in [0.1, 0.15) is 11.9 Å². The second-order valence-electron chi connectivity index (χ2n) is 6.47. The summed E-state index contributed by atoms with van der Waals surface area (Å²) in [6.45, 7) is 8.96. The number of ether oxygens (including phenoxy) is 1. The fourth-order valence-electron chi connectivity index (χ4n) is 3.17. The van der Waals surface area contributed by atoms with Crippen molar-refractivity contribution in [3.8, 4) is 5.75 Å². The van der Waals surface area contributed by atoms with Gasteiger partial charge in [0, 0.05) is 0 Å². The van der Waals surface area contributed by atoms with E-state index in [1.165, 1.54) is 12.8 Å². The fraction of sp³-hybridized carbons (Fsp3) is 0.647. The number of para-hydroxylation sites is 1. The lowest BCUT2D eigenvalue weighted by Crippen LogP contribution is -2.36. The number of rotatable bonds is 3. The third kappa shape index (κ3) is 3.23. The van der Waals surface area contributed by atoms with E-state index in [0.717, 1.165) is 29.3 Å². The van der Waals surface area contributed by atoms with Crippen molar-refractivity contribution in [2.24, 2.45) is 17.8 Å². The van der Waals surface area contributed by atoms with E-state index >= 15 is 0 Å². The first-order valence-electron chi connectivity index (χ1n) is 7.50. The van der Waals surface area contributed by atoms with Crippen LogP contribution in [0.15, 0.2) is 18.2 Å². The Bertz CT molecular complexity index is 427. The zero-order valence-corrected chi connectivity index (χ0v) is 12.6. The van der Waals surface area contributed by atoms with Crippen LogP contribution in [0.25, 0.3) is 0 Å². The number of nitrogen functional groups attached to an aromatic ring is 1. The van der Waals surface area contributed by atoms with Crippen molar-refractivity contribution in [3.63, 3.8) is 0 Å². The molecule has 2 N–H and O–H groups in total. The van der Waals surface area contributed by atoms with E-state index in [1.807, 2.05) is 25.1 Å². The van der Waals surface area contributed by atoms with Crippen molar-refractivity contribution in [1.82, 2.24) is 0 Å². The van der Waals surface area contributed by atoms with Crippen molar-refractivity contribution in [2.45, 2.75) is 53.1 Å². The third-order valence-corrected chi connectivity index (χ3v) is 4.52. The number of hydrogen-bond acceptors (Lipinski definition) is 2. The van der Waals surface area contributed by atoms with Crippen molar-refractivity contribution >= 4 is 5.69 Å². The summed E-state index contributed by atoms with van der Waals surface area (Å²) in [5.74, 6) is 2.94. The van der Waals surface area contributed by atoms with Crippen LogP contribution >= 0.6 is 0 Å². The lowest BCUT2D eigenvalue weighted by Gasteiger charge is -2.37. The Morgan fingerprint density at radius 3 is 2.68 bits per heavy atom. The van der Waals surface area contributed by atoms with E-state index < -0.39 is 0 Å². The Kier molecular flexibility index (Phi) is 4.38. The number of aryl methyl sites for hydroxylation is 1. The minimum Gasteiger partial charge on any atom is -0.488 e. The van der Waals surface area contributed by atoms with Gasteiger partial charge in [0.05, 0.1) is 5.69 Å². The van der Waals surface area contributed by atoms with Crippen LogP contribution in [0.2, 0.25) is 0 Å². The molecule has 1 saturated carbocycles. The molecule has 0 amide bonds. The van der Waals surface area contributed by atoms with Crippen molar-refractivity contribution in [1.29, 1.82) is 0 Å². The number of nitrogens with two attached hydrogens (primary N) is 1. The highest BCUT2D eigenvalue weighted by Crippen LogP contribution is 2.37. The Morgan fingerprint density at radius 2 is 2.00 bits per heavy atom. The lowest BCUT2D eigenvalue weighted by atomic mass is 9.75. The van der Waals surface area contributed by atoms with Gasteiger partial charge in [-0.1, -0.05) is 39.3 Å². The molecule has 0 bridgehead atoms. The van der Waals surface area contributed by atoms with Gasteiger partial charge in [-0.15, -0.1) is 0 Å². The normalized spacial score (nSPS) is 27.5. The van der Waals surface area contributed by atoms with Crippen molar-refractivity contribution in [2.75, 3.05) is 5.73 Å². The second kappa shape index (κ2) is 5.85. The quantitative estimate of drug-likeness (QED) is 0.818. The second-order valence-corrected chi connectivity index (χ2v) is 6.47. The smallest absolute Gasteiger partial charge is 0.142 e. The molecular formula is C17H27NO. The zero-order chi connectivity index (χ0) is 14.0. The highest BCUT2D eigenvalue weighted by Gasteiger charge is 2.32. The first-order chi connectivity index (χ1) is 8.99. The predicted octanol–water partition coefficient (Wildman–Crippen LogP) is 4.42. The van der Waals surface area contributed by atoms with Crippen LogP contribution in [0.4, 0.5) is 5.69 Å². The van der Waals surface area contributed by atoms with E-state index in [0.29, 0.717) is 17.9 Å². The van der Waals surface area contributed by atoms with Crippen molar-refractivity contribution in [3.05, 3.63) is 23.8 Å². The molecule has 0 heterocycles. The van der Waals surface area contributed by atoms with Crippen LogP contribution < -0.4 is 10.5 Å². The van der Waals surface area contributed by atoms with Crippen LogP contribution in [-0.4, -0.2) is 6.10 Å². The van der Waals surface area contributed by atoms with E-state index in [2.05, 4.69) is 20.8 Å². The molecule has 0 aromatic heterocycles. The van der Waals surface area contributed by atoms with Gasteiger partial charge in [-0.3, -0.25) is 0 Å². The Morgan fingerprint density at radius 1 is 1.26 bits per heavy atom. The number of hydrogen-bond donors (Lipinski definition) is 1. The molecular weight excluding hydrogens is 234 g/mol. The average Bonchev–Trinajstić information content (AvgIpc) is 2.35. The summed E-state index contributed by atoms with van der Waals surface area (Å²) in [6.07, 6.45) is 4.06. The van der Waals surface area contributed by atoms with Crippen LogP contribution in [0.1, 0.15) is 45.6 Å². The summed E-state index contributed by atoms with van der Waals surface area (Å²) in [5, 5.41) is 0. The maximum Gasteiger partial charge on any atom is 0.142 e. The minimum absolute atomic E-state index is 0.313. The Balaban J connectivity index is 2.16. The van der Waals surface area contributed by atoms with Crippen LogP contribution in [0.5, 0.6) is 5.75 Å². The molecule has 0 spiro atoms. The molecule has 2 heteroatoms. The minimum atomic E-state index is 0.313. The van der Waals surface area contributed by atoms with Gasteiger partial charge < -0.3 is 10.5 Å². The first kappa shape index (κ1) is 14.2. The average molecular weight is 261 g/mol. The molecule has 1 aliphatic carbocycles. The predicted molar refractivity (Wildman–Crippen MR) is 81.4 cm³/mol. The van der Waals surface area contributed by atoms with Gasteiger partial charge in [0.25, 0.3) is 0 Å². The lowest BCUT2D eigenvalue weighted by molar-refractivity contribution is 0.0465. The molecule has 19 heavy (non-hydrogen) atoms. The topological polar surface area (TPSA) is 35.2 Å². The summed E-state index contributed by atoms with van der Waals surface area (Å²) in [6, 6.07) is 6.06. The molecule has 0 aliphatic heterocycles. The summed E-state index contributed by atoms with van der Waals surface area (Å²) >= 11 is 0. The molecule has 3 atom stereocenters. The first-order valence-corrected chi connectivity index (χ1v) is 7.50. The highest BCUT2D eigenvalue weighted by atomic mass is 16.5. The van der Waals surface area contributed by atoms with Crippen LogP contribution in [0.3, 0.4) is 0 Å². The van der Waals surface area contributed by atoms with Gasteiger partial charge in [-0.25, -0.2) is 0 Å². The Labute approximate surface area is 117 Å². The van der Waals surface area contributed by atoms with E-state index in [1.54, 1.807) is 0 Å². The van der Waals surface area contributed by atoms with Crippen LogP contribution in [0, 0.1) is 24.7 Å². The maximum absolute atomic E-state index is 6.29. The largest absolute Gasteiger partial charge is 0.488 e. The number of benzene rings is 1. The molecule has 106 valence electrons. The monoisotopic (exact) mass is 261 g/mol. The molecule has 2 rings (SSSR count). The molecule has 0 saturated heterocycles.